The van der Waals surface area contributed by atoms with Crippen molar-refractivity contribution >= 4 is 56.8 Å². The molecule has 132 valence electrons. The first-order chi connectivity index (χ1) is 11.7. The number of nitrogens with zero attached hydrogens (tertiary/aromatic N) is 2. The molecule has 9 heteroatoms. The van der Waals surface area contributed by atoms with Gasteiger partial charge in [-0.05, 0) is 32.4 Å². The third-order valence-corrected chi connectivity index (χ3v) is 4.79. The fraction of sp³-hybridized carbons (Fsp3) is 0.312. The highest BCUT2D eigenvalue weighted by Gasteiger charge is 2.19. The van der Waals surface area contributed by atoms with Crippen LogP contribution in [-0.2, 0) is 11.2 Å². The minimum absolute atomic E-state index is 0.348. The maximum Gasteiger partial charge on any atom is 0.413 e. The second kappa shape index (κ2) is 6.82. The summed E-state index contributed by atoms with van der Waals surface area (Å²) in [6.07, 6.45) is 3.44. The van der Waals surface area contributed by atoms with Gasteiger partial charge in [0.2, 0.25) is 0 Å². The van der Waals surface area contributed by atoms with Crippen molar-refractivity contribution in [2.24, 2.45) is 0 Å². The van der Waals surface area contributed by atoms with E-state index in [-0.39, 0.29) is 0 Å². The van der Waals surface area contributed by atoms with Gasteiger partial charge in [-0.15, -0.1) is 0 Å². The topological polar surface area (TPSA) is 79.9 Å². The summed E-state index contributed by atoms with van der Waals surface area (Å²) in [5, 5.41) is 4.84. The van der Waals surface area contributed by atoms with Crippen molar-refractivity contribution in [3.8, 4) is 0 Å². The number of nitrogens with one attached hydrogen (secondary N) is 2. The molecule has 0 aliphatic carbocycles. The van der Waals surface area contributed by atoms with Gasteiger partial charge in [-0.2, -0.15) is 0 Å². The average molecular weight is 399 g/mol. The zero-order valence-electron chi connectivity index (χ0n) is 13.8. The van der Waals surface area contributed by atoms with Gasteiger partial charge in [-0.1, -0.05) is 34.5 Å². The highest BCUT2D eigenvalue weighted by atomic mass is 35.5. The van der Waals surface area contributed by atoms with Gasteiger partial charge in [0.1, 0.15) is 16.4 Å². The van der Waals surface area contributed by atoms with Gasteiger partial charge in [0, 0.05) is 24.2 Å². The van der Waals surface area contributed by atoms with E-state index in [4.69, 9.17) is 27.9 Å². The number of hydrogen-bond acceptors (Lipinski definition) is 5. The van der Waals surface area contributed by atoms with E-state index in [0.717, 1.165) is 21.5 Å². The Morgan fingerprint density at radius 3 is 2.88 bits per heavy atom. The molecule has 0 atom stereocenters. The largest absolute Gasteiger partial charge is 0.444 e. The predicted octanol–water partition coefficient (Wildman–Crippen LogP) is 5.26. The lowest BCUT2D eigenvalue weighted by molar-refractivity contribution is 0.0636. The number of carbonyl (C=O) groups is 1. The van der Waals surface area contributed by atoms with Crippen LogP contribution in [0.25, 0.3) is 11.0 Å². The van der Waals surface area contributed by atoms with E-state index in [9.17, 15) is 4.79 Å². The average Bonchev–Trinajstić information content (AvgIpc) is 3.01. The molecule has 3 rings (SSSR count). The van der Waals surface area contributed by atoms with Crippen LogP contribution in [0, 0.1) is 0 Å². The molecule has 3 aromatic heterocycles. The second-order valence-electron chi connectivity index (χ2n) is 6.40. The van der Waals surface area contributed by atoms with Crippen LogP contribution in [-0.4, -0.2) is 26.6 Å². The number of aromatic nitrogens is 3. The number of amides is 1. The molecule has 0 aromatic carbocycles. The SMILES string of the molecule is CC(C)(C)OC(=O)Nc1nc(Cl)c(Cc2c[nH]c3ncc(Cl)cc23)s1. The van der Waals surface area contributed by atoms with Crippen LogP contribution < -0.4 is 5.32 Å². The van der Waals surface area contributed by atoms with Crippen molar-refractivity contribution in [1.82, 2.24) is 15.0 Å². The Bertz CT molecular complexity index is 930. The minimum atomic E-state index is -0.579. The quantitative estimate of drug-likeness (QED) is 0.629. The first kappa shape index (κ1) is 18.0. The van der Waals surface area contributed by atoms with Gasteiger partial charge in [0.25, 0.3) is 0 Å². The van der Waals surface area contributed by atoms with Crippen molar-refractivity contribution in [3.63, 3.8) is 0 Å². The van der Waals surface area contributed by atoms with E-state index >= 15 is 0 Å². The van der Waals surface area contributed by atoms with Crippen molar-refractivity contribution in [2.45, 2.75) is 32.8 Å². The number of H-pyrrole nitrogens is 1. The molecule has 3 heterocycles. The number of carbonyl (C=O) groups excluding carboxylic acids is 1. The van der Waals surface area contributed by atoms with Gasteiger partial charge in [-0.25, -0.2) is 14.8 Å². The van der Waals surface area contributed by atoms with Crippen LogP contribution in [0.1, 0.15) is 31.2 Å². The van der Waals surface area contributed by atoms with Gasteiger partial charge in [0.15, 0.2) is 5.13 Å². The van der Waals surface area contributed by atoms with Crippen LogP contribution in [0.4, 0.5) is 9.93 Å². The first-order valence-corrected chi connectivity index (χ1v) is 9.05. The van der Waals surface area contributed by atoms with Gasteiger partial charge in [0.05, 0.1) is 9.90 Å². The molecule has 0 saturated heterocycles. The van der Waals surface area contributed by atoms with Gasteiger partial charge < -0.3 is 9.72 Å². The number of anilines is 1. The van der Waals surface area contributed by atoms with Gasteiger partial charge >= 0.3 is 6.09 Å². The number of ether oxygens (including phenoxy) is 1. The fourth-order valence-corrected chi connectivity index (χ4v) is 3.58. The van der Waals surface area contributed by atoms with E-state index in [1.807, 2.05) is 12.3 Å². The van der Waals surface area contributed by atoms with E-state index in [0.29, 0.717) is 21.7 Å². The van der Waals surface area contributed by atoms with Crippen LogP contribution in [0.15, 0.2) is 18.5 Å². The van der Waals surface area contributed by atoms with Crippen LogP contribution in [0.3, 0.4) is 0 Å². The van der Waals surface area contributed by atoms with Crippen molar-refractivity contribution in [1.29, 1.82) is 0 Å². The molecular weight excluding hydrogens is 383 g/mol. The molecule has 2 N–H and O–H groups in total. The maximum absolute atomic E-state index is 11.8. The summed E-state index contributed by atoms with van der Waals surface area (Å²) in [6.45, 7) is 5.38. The maximum atomic E-state index is 11.8. The summed E-state index contributed by atoms with van der Waals surface area (Å²) >= 11 is 13.5. The zero-order valence-corrected chi connectivity index (χ0v) is 16.1. The number of hydrogen-bond donors (Lipinski definition) is 2. The molecule has 6 nitrogen and oxygen atoms in total. The summed E-state index contributed by atoms with van der Waals surface area (Å²) in [5.41, 5.74) is 1.18. The number of thiazole rings is 1. The zero-order chi connectivity index (χ0) is 18.2. The Hall–Kier alpha value is -1.83. The Morgan fingerprint density at radius 2 is 2.16 bits per heavy atom. The molecule has 0 bridgehead atoms. The molecular formula is C16H16Cl2N4O2S. The Balaban J connectivity index is 1.78. The molecule has 0 unspecified atom stereocenters. The third-order valence-electron chi connectivity index (χ3n) is 3.19. The smallest absolute Gasteiger partial charge is 0.413 e. The summed E-state index contributed by atoms with van der Waals surface area (Å²) in [4.78, 5) is 24.2. The lowest BCUT2D eigenvalue weighted by Crippen LogP contribution is -2.27. The monoisotopic (exact) mass is 398 g/mol. The van der Waals surface area contributed by atoms with Gasteiger partial charge in [-0.3, -0.25) is 5.32 Å². The lowest BCUT2D eigenvalue weighted by Gasteiger charge is -2.18. The van der Waals surface area contributed by atoms with Crippen molar-refractivity contribution < 1.29 is 9.53 Å². The predicted molar refractivity (Wildman–Crippen MR) is 101 cm³/mol. The highest BCUT2D eigenvalue weighted by molar-refractivity contribution is 7.16. The molecule has 0 saturated carbocycles. The van der Waals surface area contributed by atoms with Crippen molar-refractivity contribution in [3.05, 3.63) is 39.1 Å². The number of fused-ring (bicyclic) bond motifs is 1. The molecule has 3 aromatic rings. The highest BCUT2D eigenvalue weighted by Crippen LogP contribution is 2.31. The molecule has 0 radical (unpaired) electrons. The lowest BCUT2D eigenvalue weighted by atomic mass is 10.1. The van der Waals surface area contributed by atoms with Crippen LogP contribution in [0.2, 0.25) is 10.2 Å². The molecule has 0 aliphatic heterocycles. The molecule has 25 heavy (non-hydrogen) atoms. The number of rotatable bonds is 3. The van der Waals surface area contributed by atoms with E-state index in [1.165, 1.54) is 11.3 Å². The Labute approximate surface area is 158 Å². The standard InChI is InChI=1S/C16H16Cl2N4O2S/c1-16(2,3)24-15(23)22-14-21-12(18)11(25-14)4-8-6-19-13-10(8)5-9(17)7-20-13/h5-7H,4H2,1-3H3,(H,19,20)(H,21,22,23). The number of pyridine rings is 1. The fourth-order valence-electron chi connectivity index (χ4n) is 2.24. The first-order valence-electron chi connectivity index (χ1n) is 7.48. The van der Waals surface area contributed by atoms with Crippen LogP contribution >= 0.6 is 34.5 Å². The number of aromatic amines is 1. The molecule has 0 spiro atoms. The van der Waals surface area contributed by atoms with Crippen molar-refractivity contribution in [2.75, 3.05) is 5.32 Å². The number of halogens is 2. The summed E-state index contributed by atoms with van der Waals surface area (Å²) < 4.78 is 5.21. The summed E-state index contributed by atoms with van der Waals surface area (Å²) in [7, 11) is 0. The van der Waals surface area contributed by atoms with Crippen LogP contribution in [0.5, 0.6) is 0 Å². The molecule has 0 aliphatic rings. The second-order valence-corrected chi connectivity index (χ2v) is 8.28. The molecule has 0 fully saturated rings. The van der Waals surface area contributed by atoms with E-state index in [1.54, 1.807) is 27.0 Å². The Kier molecular flexibility index (Phi) is 4.90. The Morgan fingerprint density at radius 1 is 1.40 bits per heavy atom. The third kappa shape index (κ3) is 4.42. The van der Waals surface area contributed by atoms with E-state index in [2.05, 4.69) is 20.3 Å². The summed E-state index contributed by atoms with van der Waals surface area (Å²) in [6, 6.07) is 1.85. The van der Waals surface area contributed by atoms with E-state index < -0.39 is 11.7 Å². The molecule has 1 amide bonds. The minimum Gasteiger partial charge on any atom is -0.444 e. The normalized spacial score (nSPS) is 11.7. The summed E-state index contributed by atoms with van der Waals surface area (Å²) in [5.74, 6) is 0.